The molecular formula is C39H50FN6O7P. The topological polar surface area (TPSA) is 173 Å². The van der Waals surface area contributed by atoms with Gasteiger partial charge in [0.15, 0.2) is 22.6 Å². The third-order valence-electron chi connectivity index (χ3n) is 9.48. The van der Waals surface area contributed by atoms with E-state index >= 15 is 0 Å². The summed E-state index contributed by atoms with van der Waals surface area (Å²) in [4.78, 5) is 25.4. The zero-order valence-corrected chi connectivity index (χ0v) is 31.7. The van der Waals surface area contributed by atoms with Crippen molar-refractivity contribution < 1.29 is 37.4 Å². The van der Waals surface area contributed by atoms with E-state index in [9.17, 15) is 18.9 Å². The highest BCUT2D eigenvalue weighted by Crippen LogP contribution is 2.48. The van der Waals surface area contributed by atoms with Gasteiger partial charge in [-0.1, -0.05) is 107 Å². The number of aliphatic hydroxyl groups is 1. The van der Waals surface area contributed by atoms with E-state index in [1.54, 1.807) is 30.3 Å². The summed E-state index contributed by atoms with van der Waals surface area (Å²) in [5, 5.41) is 14.1. The highest BCUT2D eigenvalue weighted by Gasteiger charge is 2.50. The van der Waals surface area contributed by atoms with Crippen molar-refractivity contribution in [2.45, 2.75) is 102 Å². The zero-order chi connectivity index (χ0) is 38.6. The van der Waals surface area contributed by atoms with Gasteiger partial charge < -0.3 is 24.8 Å². The molecule has 3 heterocycles. The number of benzene rings is 2. The number of nitrogens with two attached hydrogens (primary N) is 1. The maximum atomic E-state index is 14.8. The molecule has 0 spiro atoms. The second kappa shape index (κ2) is 19.3. The average molecular weight is 765 g/mol. The Bertz CT molecular complexity index is 1880. The first-order valence-corrected chi connectivity index (χ1v) is 20.1. The molecule has 4 N–H and O–H groups in total. The quantitative estimate of drug-likeness (QED) is 0.0263. The molecule has 13 nitrogen and oxygen atoms in total. The summed E-state index contributed by atoms with van der Waals surface area (Å²) in [7, 11) is -4.49. The Labute approximate surface area is 315 Å². The minimum absolute atomic E-state index is 0.0333. The minimum atomic E-state index is -4.49. The fraction of sp³-hybridized carbons (Fsp3) is 0.487. The van der Waals surface area contributed by atoms with E-state index in [1.165, 1.54) is 10.9 Å². The number of carbonyl (C=O) groups is 1. The van der Waals surface area contributed by atoms with Crippen molar-refractivity contribution in [3.8, 4) is 18.1 Å². The average Bonchev–Trinajstić information content (AvgIpc) is 3.74. The summed E-state index contributed by atoms with van der Waals surface area (Å²) in [6, 6.07) is 16.4. The fourth-order valence-electron chi connectivity index (χ4n) is 6.44. The van der Waals surface area contributed by atoms with E-state index in [2.05, 4.69) is 39.8 Å². The lowest BCUT2D eigenvalue weighted by Gasteiger charge is -2.30. The van der Waals surface area contributed by atoms with Gasteiger partial charge in [0.25, 0.3) is 0 Å². The largest absolute Gasteiger partial charge is 0.464 e. The number of aromatic nitrogens is 4. The molecule has 0 amide bonds. The van der Waals surface area contributed by atoms with E-state index in [1.807, 2.05) is 30.3 Å². The molecular weight excluding hydrogens is 714 g/mol. The summed E-state index contributed by atoms with van der Waals surface area (Å²) in [6.07, 6.45) is 12.3. The van der Waals surface area contributed by atoms with Crippen molar-refractivity contribution in [1.29, 1.82) is 0 Å². The fourth-order valence-corrected chi connectivity index (χ4v) is 7.95. The third kappa shape index (κ3) is 10.6. The number of nitrogens with one attached hydrogen (secondary N) is 1. The molecule has 54 heavy (non-hydrogen) atoms. The van der Waals surface area contributed by atoms with Gasteiger partial charge in [-0.15, -0.1) is 6.42 Å². The Morgan fingerprint density at radius 3 is 2.43 bits per heavy atom. The lowest BCUT2D eigenvalue weighted by Crippen LogP contribution is -2.44. The summed E-state index contributed by atoms with van der Waals surface area (Å²) >= 11 is 0. The number of anilines is 1. The van der Waals surface area contributed by atoms with Gasteiger partial charge >= 0.3 is 19.8 Å². The predicted molar refractivity (Wildman–Crippen MR) is 202 cm³/mol. The van der Waals surface area contributed by atoms with Crippen LogP contribution in [0.5, 0.6) is 5.75 Å². The van der Waals surface area contributed by atoms with Crippen molar-refractivity contribution in [2.24, 2.45) is 5.92 Å². The normalized spacial score (nSPS) is 20.1. The number of imidazole rings is 1. The smallest absolute Gasteiger partial charge is 0.459 e. The number of aliphatic hydroxyl groups excluding tert-OH is 1. The molecule has 5 rings (SSSR count). The third-order valence-corrected chi connectivity index (χ3v) is 11.0. The van der Waals surface area contributed by atoms with Gasteiger partial charge in [0, 0.05) is 6.42 Å². The van der Waals surface area contributed by atoms with Crippen LogP contribution in [0.2, 0.25) is 0 Å². The molecule has 1 fully saturated rings. The molecule has 2 aromatic carbocycles. The molecule has 0 radical (unpaired) electrons. The second-order valence-corrected chi connectivity index (χ2v) is 15.3. The molecule has 2 aromatic heterocycles. The number of esters is 1. The van der Waals surface area contributed by atoms with Gasteiger partial charge in [-0.05, 0) is 42.9 Å². The van der Waals surface area contributed by atoms with E-state index in [-0.39, 0.29) is 48.1 Å². The van der Waals surface area contributed by atoms with E-state index in [0.29, 0.717) is 0 Å². The van der Waals surface area contributed by atoms with Crippen LogP contribution in [0.25, 0.3) is 11.2 Å². The molecule has 0 aliphatic carbocycles. The Morgan fingerprint density at radius 2 is 1.78 bits per heavy atom. The number of halogens is 1. The van der Waals surface area contributed by atoms with Crippen LogP contribution in [-0.4, -0.2) is 61.6 Å². The molecule has 1 aliphatic heterocycles. The van der Waals surface area contributed by atoms with Gasteiger partial charge in [-0.3, -0.25) is 13.9 Å². The van der Waals surface area contributed by atoms with E-state index in [4.69, 9.17) is 30.7 Å². The SMILES string of the molecule is C#C[C@]1(COP(=O)(N[C@@H](Cc2ccccc2)C(=O)OCC(CCCCC)CCCCC)Oc2ccccc2)O[C@@H](n2cnc3c(N)nc(F)nc32)C[C@@H]1O. The number of hydrogen-bond acceptors (Lipinski definition) is 11. The van der Waals surface area contributed by atoms with Crippen molar-refractivity contribution in [3.05, 3.63) is 78.6 Å². The minimum Gasteiger partial charge on any atom is -0.464 e. The number of para-hydroxylation sites is 1. The summed E-state index contributed by atoms with van der Waals surface area (Å²) < 4.78 is 54.4. The predicted octanol–water partition coefficient (Wildman–Crippen LogP) is 6.92. The van der Waals surface area contributed by atoms with Crippen LogP contribution in [0.3, 0.4) is 0 Å². The lowest BCUT2D eigenvalue weighted by atomic mass is 9.96. The number of nitrogens with zero attached hydrogens (tertiary/aromatic N) is 4. The standard InChI is InChI=1S/C39H50FN6O7P/c1-4-7-11-19-29(20-12-8-5-2)25-50-37(48)31(23-28-17-13-9-14-18-28)45-54(49,53-30-21-15-10-16-22-30)51-26-39(6-3)32(47)24-33(52-39)46-27-42-34-35(41)43-38(40)44-36(34)46/h3,9-10,13-18,21-22,27,29,31-33,47H,4-5,7-8,11-12,19-20,23-26H2,1-2H3,(H,45,49)(H2,41,43,44)/t31-,32-,33+,39+,54?/m0/s1. The van der Waals surface area contributed by atoms with Gasteiger partial charge in [-0.25, -0.2) is 9.55 Å². The molecule has 1 aliphatic rings. The first kappa shape index (κ1) is 40.8. The molecule has 0 saturated carbocycles. The van der Waals surface area contributed by atoms with Crippen LogP contribution in [0, 0.1) is 24.3 Å². The van der Waals surface area contributed by atoms with Gasteiger partial charge in [0.1, 0.15) is 30.7 Å². The van der Waals surface area contributed by atoms with E-state index in [0.717, 1.165) is 56.9 Å². The molecule has 5 atom stereocenters. The first-order valence-electron chi connectivity index (χ1n) is 18.5. The number of carbonyl (C=O) groups excluding carboxylic acids is 1. The monoisotopic (exact) mass is 764 g/mol. The van der Waals surface area contributed by atoms with Crippen LogP contribution in [-0.2, 0) is 29.8 Å². The number of nitrogen functional groups attached to an aromatic ring is 1. The first-order chi connectivity index (χ1) is 26.1. The molecule has 15 heteroatoms. The summed E-state index contributed by atoms with van der Waals surface area (Å²) in [6.45, 7) is 3.92. The number of rotatable bonds is 21. The van der Waals surface area contributed by atoms with Crippen LogP contribution in [0.4, 0.5) is 10.2 Å². The van der Waals surface area contributed by atoms with Gasteiger partial charge in [0.05, 0.1) is 12.9 Å². The number of hydrogen-bond donors (Lipinski definition) is 3. The Morgan fingerprint density at radius 1 is 1.11 bits per heavy atom. The zero-order valence-electron chi connectivity index (χ0n) is 30.8. The summed E-state index contributed by atoms with van der Waals surface area (Å²) in [5.41, 5.74) is 4.94. The summed E-state index contributed by atoms with van der Waals surface area (Å²) in [5.74, 6) is 2.07. The van der Waals surface area contributed by atoms with Crippen LogP contribution < -0.4 is 15.3 Å². The van der Waals surface area contributed by atoms with Crippen molar-refractivity contribution >= 4 is 30.7 Å². The second-order valence-electron chi connectivity index (χ2n) is 13.6. The Balaban J connectivity index is 1.38. The van der Waals surface area contributed by atoms with Crippen LogP contribution in [0.1, 0.15) is 83.4 Å². The molecule has 4 aromatic rings. The Hall–Kier alpha value is -4.38. The van der Waals surface area contributed by atoms with Gasteiger partial charge in [0.2, 0.25) is 0 Å². The lowest BCUT2D eigenvalue weighted by molar-refractivity contribution is -0.147. The number of terminal acetylenes is 1. The number of unbranched alkanes of at least 4 members (excludes halogenated alkanes) is 4. The number of ether oxygens (including phenoxy) is 2. The van der Waals surface area contributed by atoms with Crippen molar-refractivity contribution in [2.75, 3.05) is 18.9 Å². The highest BCUT2D eigenvalue weighted by atomic mass is 31.2. The molecule has 1 unspecified atom stereocenters. The van der Waals surface area contributed by atoms with E-state index < -0.39 is 50.4 Å². The van der Waals surface area contributed by atoms with Crippen LogP contribution in [0.15, 0.2) is 67.0 Å². The number of fused-ring (bicyclic) bond motifs is 1. The highest BCUT2D eigenvalue weighted by molar-refractivity contribution is 7.52. The Kier molecular flexibility index (Phi) is 14.6. The van der Waals surface area contributed by atoms with Crippen molar-refractivity contribution in [3.63, 3.8) is 0 Å². The van der Waals surface area contributed by atoms with Crippen molar-refractivity contribution in [1.82, 2.24) is 24.6 Å². The maximum absolute atomic E-state index is 14.8. The molecule has 290 valence electrons. The molecule has 0 bridgehead atoms. The van der Waals surface area contributed by atoms with Crippen LogP contribution >= 0.6 is 7.75 Å². The maximum Gasteiger partial charge on any atom is 0.459 e. The van der Waals surface area contributed by atoms with Gasteiger partial charge in [-0.2, -0.15) is 19.4 Å². The molecule has 1 saturated heterocycles.